The molecule has 0 bridgehead atoms. The third-order valence-corrected chi connectivity index (χ3v) is 10.4. The van der Waals surface area contributed by atoms with Gasteiger partial charge in [0.15, 0.2) is 0 Å². The molecule has 3 heterocycles. The van der Waals surface area contributed by atoms with E-state index in [4.69, 9.17) is 15.5 Å². The van der Waals surface area contributed by atoms with Gasteiger partial charge in [-0.2, -0.15) is 4.31 Å². The molecule has 0 radical (unpaired) electrons. The van der Waals surface area contributed by atoms with Gasteiger partial charge >= 0.3 is 0 Å². The van der Waals surface area contributed by atoms with E-state index in [0.717, 1.165) is 47.4 Å². The second-order valence-corrected chi connectivity index (χ2v) is 13.1. The maximum Gasteiger partial charge on any atom is 0.267 e. The summed E-state index contributed by atoms with van der Waals surface area (Å²) in [6, 6.07) is 25.8. The summed E-state index contributed by atoms with van der Waals surface area (Å²) >= 11 is 1.21. The van der Waals surface area contributed by atoms with E-state index < -0.39 is 15.9 Å². The number of hydrogen-bond donors (Lipinski definition) is 2. The number of amides is 1. The second kappa shape index (κ2) is 11.6. The number of carbonyl (C=O) groups is 1. The van der Waals surface area contributed by atoms with Gasteiger partial charge in [0.2, 0.25) is 10.0 Å². The molecular weight excluding hydrogens is 569 g/mol. The summed E-state index contributed by atoms with van der Waals surface area (Å²) in [7, 11) is -2.03. The Hall–Kier alpha value is -4.25. The zero-order valence-corrected chi connectivity index (χ0v) is 24.7. The van der Waals surface area contributed by atoms with E-state index in [2.05, 4.69) is 5.32 Å². The van der Waals surface area contributed by atoms with Gasteiger partial charge in [-0.3, -0.25) is 4.79 Å². The summed E-state index contributed by atoms with van der Waals surface area (Å²) in [6.07, 6.45) is 2.72. The quantitative estimate of drug-likeness (QED) is 0.217. The van der Waals surface area contributed by atoms with Crippen LogP contribution in [0.5, 0.6) is 5.75 Å². The van der Waals surface area contributed by atoms with Crippen molar-refractivity contribution in [2.24, 2.45) is 0 Å². The number of methoxy groups -OCH3 is 1. The molecule has 42 heavy (non-hydrogen) atoms. The molecule has 6 rings (SSSR count). The smallest absolute Gasteiger partial charge is 0.267 e. The molecule has 1 aliphatic heterocycles. The highest BCUT2D eigenvalue weighted by Crippen LogP contribution is 2.42. The Morgan fingerprint density at radius 2 is 1.67 bits per heavy atom. The van der Waals surface area contributed by atoms with E-state index in [-0.39, 0.29) is 4.90 Å². The minimum absolute atomic E-state index is 0.155. The molecule has 8 nitrogen and oxygen atoms in total. The van der Waals surface area contributed by atoms with Crippen molar-refractivity contribution in [1.29, 1.82) is 0 Å². The van der Waals surface area contributed by atoms with Gasteiger partial charge in [0.25, 0.3) is 5.91 Å². The monoisotopic (exact) mass is 598 g/mol. The molecule has 1 saturated heterocycles. The lowest BCUT2D eigenvalue weighted by atomic mass is 9.99. The van der Waals surface area contributed by atoms with Gasteiger partial charge in [-0.05, 0) is 60.4 Å². The molecule has 3 N–H and O–H groups in total. The number of benzene rings is 3. The van der Waals surface area contributed by atoms with Crippen molar-refractivity contribution >= 4 is 48.9 Å². The van der Waals surface area contributed by atoms with E-state index in [1.165, 1.54) is 21.7 Å². The van der Waals surface area contributed by atoms with Crippen molar-refractivity contribution in [1.82, 2.24) is 9.29 Å². The number of pyridine rings is 1. The van der Waals surface area contributed by atoms with Crippen molar-refractivity contribution in [2.45, 2.75) is 24.2 Å². The molecule has 1 fully saturated rings. The maximum atomic E-state index is 13.6. The third kappa shape index (κ3) is 5.36. The number of rotatable bonds is 7. The Morgan fingerprint density at radius 1 is 0.929 bits per heavy atom. The van der Waals surface area contributed by atoms with Crippen molar-refractivity contribution in [3.63, 3.8) is 0 Å². The van der Waals surface area contributed by atoms with E-state index in [9.17, 15) is 13.2 Å². The number of nitrogens with zero attached hydrogens (tertiary/aromatic N) is 2. The van der Waals surface area contributed by atoms with Gasteiger partial charge in [-0.1, -0.05) is 55.0 Å². The number of ether oxygens (including phenoxy) is 1. The zero-order chi connectivity index (χ0) is 29.3. The van der Waals surface area contributed by atoms with Crippen molar-refractivity contribution in [3.05, 3.63) is 89.8 Å². The van der Waals surface area contributed by atoms with Crippen molar-refractivity contribution in [3.8, 4) is 28.1 Å². The SMILES string of the molecule is COc1ccc(-c2cc(-c3ccccc3)nc3sc(C(=O)Nc4cccc(S(=O)(=O)N5CCCCC5)c4)c(N)c23)cc1. The van der Waals surface area contributed by atoms with Gasteiger partial charge < -0.3 is 15.8 Å². The van der Waals surface area contributed by atoms with Crippen molar-refractivity contribution in [2.75, 3.05) is 31.2 Å². The summed E-state index contributed by atoms with van der Waals surface area (Å²) < 4.78 is 33.3. The number of hydrogen-bond acceptors (Lipinski definition) is 7. The van der Waals surface area contributed by atoms with Crippen LogP contribution in [0.1, 0.15) is 28.9 Å². The van der Waals surface area contributed by atoms with Gasteiger partial charge in [0.05, 0.1) is 23.4 Å². The van der Waals surface area contributed by atoms with Crippen LogP contribution in [-0.2, 0) is 10.0 Å². The third-order valence-electron chi connectivity index (χ3n) is 7.42. The Morgan fingerprint density at radius 3 is 2.38 bits per heavy atom. The Balaban J connectivity index is 1.38. The van der Waals surface area contributed by atoms with Gasteiger partial charge in [-0.15, -0.1) is 11.3 Å². The molecular formula is C32H30N4O4S2. The predicted molar refractivity (Wildman–Crippen MR) is 168 cm³/mol. The van der Waals surface area contributed by atoms with Crippen LogP contribution in [0.4, 0.5) is 11.4 Å². The highest BCUT2D eigenvalue weighted by atomic mass is 32.2. The van der Waals surface area contributed by atoms with Crippen LogP contribution >= 0.6 is 11.3 Å². The molecule has 0 atom stereocenters. The minimum atomic E-state index is -3.65. The molecule has 0 spiro atoms. The number of sulfonamides is 1. The average Bonchev–Trinajstić information content (AvgIpc) is 3.38. The number of aromatic nitrogens is 1. The number of anilines is 2. The number of carbonyl (C=O) groups excluding carboxylic acids is 1. The number of nitrogens with two attached hydrogens (primary N) is 1. The number of thiophene rings is 1. The summed E-state index contributed by atoms with van der Waals surface area (Å²) in [5, 5.41) is 3.55. The molecule has 5 aromatic rings. The average molecular weight is 599 g/mol. The maximum absolute atomic E-state index is 13.6. The number of nitrogens with one attached hydrogen (secondary N) is 1. The number of nitrogen functional groups attached to an aromatic ring is 1. The molecule has 2 aromatic heterocycles. The second-order valence-electron chi connectivity index (χ2n) is 10.1. The first kappa shape index (κ1) is 27.9. The molecule has 3 aromatic carbocycles. The first-order valence-electron chi connectivity index (χ1n) is 13.7. The Kier molecular flexibility index (Phi) is 7.68. The summed E-state index contributed by atoms with van der Waals surface area (Å²) in [5.74, 6) is 0.306. The van der Waals surface area contributed by atoms with Gasteiger partial charge in [0.1, 0.15) is 15.5 Å². The lowest BCUT2D eigenvalue weighted by molar-refractivity contribution is 0.103. The predicted octanol–water partition coefficient (Wildman–Crippen LogP) is 6.65. The molecule has 10 heteroatoms. The fourth-order valence-electron chi connectivity index (χ4n) is 5.22. The van der Waals surface area contributed by atoms with Crippen LogP contribution in [0.25, 0.3) is 32.6 Å². The van der Waals surface area contributed by atoms with E-state index in [1.807, 2.05) is 60.7 Å². The topological polar surface area (TPSA) is 115 Å². The first-order chi connectivity index (χ1) is 20.3. The Bertz CT molecular complexity index is 1860. The fourth-order valence-corrected chi connectivity index (χ4v) is 7.80. The number of piperidine rings is 1. The van der Waals surface area contributed by atoms with Gasteiger partial charge in [0, 0.05) is 29.7 Å². The highest BCUT2D eigenvalue weighted by Gasteiger charge is 2.27. The lowest BCUT2D eigenvalue weighted by Gasteiger charge is -2.26. The summed E-state index contributed by atoms with van der Waals surface area (Å²) in [5.41, 5.74) is 10.8. The van der Waals surface area contributed by atoms with Crippen LogP contribution in [0, 0.1) is 0 Å². The highest BCUT2D eigenvalue weighted by molar-refractivity contribution is 7.89. The largest absolute Gasteiger partial charge is 0.497 e. The van der Waals surface area contributed by atoms with Crippen molar-refractivity contribution < 1.29 is 17.9 Å². The standard InChI is InChI=1S/C32H30N4O4S2/c1-40-24-15-13-21(14-16-24)26-20-27(22-9-4-2-5-10-22)35-32-28(26)29(33)30(41-32)31(37)34-23-11-8-12-25(19-23)42(38,39)36-17-6-3-7-18-36/h2,4-5,8-16,19-20H,3,6-7,17-18,33H2,1H3,(H,34,37). The zero-order valence-electron chi connectivity index (χ0n) is 23.0. The molecule has 214 valence electrons. The van der Waals surface area contributed by atoms with Crippen LogP contribution in [0.3, 0.4) is 0 Å². The van der Waals surface area contributed by atoms with Crippen LogP contribution < -0.4 is 15.8 Å². The fraction of sp³-hybridized carbons (Fsp3) is 0.188. The van der Waals surface area contributed by atoms with E-state index in [0.29, 0.717) is 39.6 Å². The molecule has 1 amide bonds. The summed E-state index contributed by atoms with van der Waals surface area (Å²) in [4.78, 5) is 19.5. The normalized spacial score (nSPS) is 14.1. The van der Waals surface area contributed by atoms with E-state index in [1.54, 1.807) is 25.3 Å². The lowest BCUT2D eigenvalue weighted by Crippen LogP contribution is -2.35. The summed E-state index contributed by atoms with van der Waals surface area (Å²) in [6.45, 7) is 1.01. The molecule has 0 saturated carbocycles. The van der Waals surface area contributed by atoms with Crippen LogP contribution in [0.2, 0.25) is 0 Å². The van der Waals surface area contributed by atoms with Crippen LogP contribution in [-0.4, -0.2) is 43.8 Å². The Labute approximate surface area is 248 Å². The molecule has 1 aliphatic rings. The number of fused-ring (bicyclic) bond motifs is 1. The molecule has 0 unspecified atom stereocenters. The van der Waals surface area contributed by atoms with Gasteiger partial charge in [-0.25, -0.2) is 13.4 Å². The molecule has 0 aliphatic carbocycles. The first-order valence-corrected chi connectivity index (χ1v) is 16.0. The van der Waals surface area contributed by atoms with Crippen LogP contribution in [0.15, 0.2) is 89.8 Å². The minimum Gasteiger partial charge on any atom is -0.497 e. The van der Waals surface area contributed by atoms with E-state index >= 15 is 0 Å².